The van der Waals surface area contributed by atoms with Crippen LogP contribution in [0.3, 0.4) is 0 Å². The second-order valence-electron chi connectivity index (χ2n) is 5.18. The highest BCUT2D eigenvalue weighted by molar-refractivity contribution is 6.00. The maximum atomic E-state index is 12.2. The third kappa shape index (κ3) is 4.54. The molecule has 3 rings (SSSR count). The summed E-state index contributed by atoms with van der Waals surface area (Å²) in [6.45, 7) is 0.0565. The lowest BCUT2D eigenvalue weighted by Gasteiger charge is -2.08. The number of nitrogens with zero attached hydrogens (tertiary/aromatic N) is 2. The molecule has 0 atom stereocenters. The summed E-state index contributed by atoms with van der Waals surface area (Å²) in [7, 11) is 1.29. The summed E-state index contributed by atoms with van der Waals surface area (Å²) in [6, 6.07) is 12.0. The fraction of sp³-hybridized carbons (Fsp3) is 0.111. The van der Waals surface area contributed by atoms with E-state index in [1.165, 1.54) is 7.11 Å². The Balaban J connectivity index is 0.00000243. The fourth-order valence-electron chi connectivity index (χ4n) is 2.28. The summed E-state index contributed by atoms with van der Waals surface area (Å²) in [5.74, 6) is -0.134. The summed E-state index contributed by atoms with van der Waals surface area (Å²) in [6.07, 6.45) is 4.85. The average Bonchev–Trinajstić information content (AvgIpc) is 3.17. The number of nitrogens with one attached hydrogen (secondary N) is 1. The Labute approximate surface area is 160 Å². The summed E-state index contributed by atoms with van der Waals surface area (Å²) >= 11 is 0. The first kappa shape index (κ1) is 19.3. The molecule has 3 aromatic rings. The zero-order chi connectivity index (χ0) is 17.6. The number of anilines is 1. The van der Waals surface area contributed by atoms with Crippen molar-refractivity contribution in [1.82, 2.24) is 4.98 Å². The van der Waals surface area contributed by atoms with Crippen LogP contribution in [-0.4, -0.2) is 24.0 Å². The molecular formula is C18H16BrN3O4. The number of benzene rings is 1. The van der Waals surface area contributed by atoms with Crippen molar-refractivity contribution in [3.8, 4) is 11.5 Å². The van der Waals surface area contributed by atoms with Crippen molar-refractivity contribution >= 4 is 17.6 Å². The van der Waals surface area contributed by atoms with Crippen LogP contribution in [0.25, 0.3) is 11.5 Å². The van der Waals surface area contributed by atoms with Crippen molar-refractivity contribution < 1.29 is 40.3 Å². The van der Waals surface area contributed by atoms with E-state index < -0.39 is 5.97 Å². The van der Waals surface area contributed by atoms with E-state index in [9.17, 15) is 9.59 Å². The van der Waals surface area contributed by atoms with E-state index in [-0.39, 0.29) is 29.4 Å². The molecule has 2 aromatic heterocycles. The van der Waals surface area contributed by atoms with Crippen LogP contribution in [0.2, 0.25) is 0 Å². The Morgan fingerprint density at radius 3 is 2.65 bits per heavy atom. The number of para-hydroxylation sites is 1. The molecule has 0 bridgehead atoms. The van der Waals surface area contributed by atoms with Crippen LogP contribution in [0.5, 0.6) is 0 Å². The van der Waals surface area contributed by atoms with Crippen molar-refractivity contribution in [2.45, 2.75) is 6.54 Å². The summed E-state index contributed by atoms with van der Waals surface area (Å²) in [5.41, 5.74) is 1.38. The van der Waals surface area contributed by atoms with Crippen LogP contribution in [0.4, 0.5) is 5.69 Å². The first-order valence-electron chi connectivity index (χ1n) is 7.53. The monoisotopic (exact) mass is 417 g/mol. The molecule has 0 unspecified atom stereocenters. The Bertz CT molecular complexity index is 880. The molecule has 7 nitrogen and oxygen atoms in total. The van der Waals surface area contributed by atoms with Gasteiger partial charge in [0.1, 0.15) is 0 Å². The minimum absolute atomic E-state index is 0. The molecule has 0 fully saturated rings. The predicted molar refractivity (Wildman–Crippen MR) is 88.5 cm³/mol. The third-order valence-electron chi connectivity index (χ3n) is 3.48. The largest absolute Gasteiger partial charge is 1.00 e. The van der Waals surface area contributed by atoms with E-state index in [1.54, 1.807) is 59.8 Å². The number of aromatic nitrogens is 2. The number of ether oxygens (including phenoxy) is 1. The molecule has 0 saturated carbocycles. The lowest BCUT2D eigenvalue weighted by atomic mass is 10.2. The Morgan fingerprint density at radius 1 is 1.19 bits per heavy atom. The van der Waals surface area contributed by atoms with Crippen molar-refractivity contribution in [1.29, 1.82) is 0 Å². The average molecular weight is 418 g/mol. The zero-order valence-corrected chi connectivity index (χ0v) is 15.5. The molecular weight excluding hydrogens is 402 g/mol. The second kappa shape index (κ2) is 8.91. The Hall–Kier alpha value is -3.00. The third-order valence-corrected chi connectivity index (χ3v) is 3.48. The van der Waals surface area contributed by atoms with Gasteiger partial charge in [0.2, 0.25) is 5.69 Å². The first-order valence-corrected chi connectivity index (χ1v) is 7.53. The van der Waals surface area contributed by atoms with E-state index in [2.05, 4.69) is 10.3 Å². The number of carbonyl (C=O) groups excluding carboxylic acids is 2. The summed E-state index contributed by atoms with van der Waals surface area (Å²) in [4.78, 5) is 28.2. The van der Waals surface area contributed by atoms with Crippen molar-refractivity contribution in [3.63, 3.8) is 0 Å². The van der Waals surface area contributed by atoms with Crippen LogP contribution < -0.4 is 26.9 Å². The van der Waals surface area contributed by atoms with Gasteiger partial charge in [-0.25, -0.2) is 9.36 Å². The quantitative estimate of drug-likeness (QED) is 0.427. The molecule has 0 radical (unpaired) electrons. The number of hydrogen-bond donors (Lipinski definition) is 1. The minimum Gasteiger partial charge on any atom is -1.00 e. The number of carbonyl (C=O) groups is 2. The molecule has 8 heteroatoms. The minimum atomic E-state index is -0.506. The van der Waals surface area contributed by atoms with Gasteiger partial charge in [0.15, 0.2) is 12.3 Å². The number of amides is 1. The van der Waals surface area contributed by atoms with Crippen LogP contribution in [-0.2, 0) is 16.1 Å². The lowest BCUT2D eigenvalue weighted by Crippen LogP contribution is -3.00. The van der Waals surface area contributed by atoms with Gasteiger partial charge in [0.05, 0.1) is 30.8 Å². The highest BCUT2D eigenvalue weighted by atomic mass is 79.9. The molecule has 1 N–H and O–H groups in total. The molecule has 0 aliphatic heterocycles. The molecule has 0 aliphatic carbocycles. The fourth-order valence-corrected chi connectivity index (χ4v) is 2.28. The first-order chi connectivity index (χ1) is 12.2. The normalized spacial score (nSPS) is 9.88. The van der Waals surface area contributed by atoms with Crippen molar-refractivity contribution in [2.75, 3.05) is 12.4 Å². The SMILES string of the molecule is COC(=O)c1ccccc1NC(=O)C[n+]1ccc(-c2ccco2)nc1.[Br-]. The van der Waals surface area contributed by atoms with E-state index >= 15 is 0 Å². The van der Waals surface area contributed by atoms with Gasteiger partial charge in [-0.1, -0.05) is 12.1 Å². The Morgan fingerprint density at radius 2 is 2.00 bits per heavy atom. The van der Waals surface area contributed by atoms with Gasteiger partial charge in [0, 0.05) is 6.07 Å². The smallest absolute Gasteiger partial charge is 0.339 e. The standard InChI is InChI=1S/C18H15N3O4.BrH/c1-24-18(23)13-5-2-3-6-14(13)20-17(22)11-21-9-8-15(19-12-21)16-7-4-10-25-16;/h2-10,12H,11H2,1H3;1H. The number of rotatable bonds is 5. The van der Waals surface area contributed by atoms with Crippen LogP contribution >= 0.6 is 0 Å². The van der Waals surface area contributed by atoms with Gasteiger partial charge in [-0.15, -0.1) is 0 Å². The lowest BCUT2D eigenvalue weighted by molar-refractivity contribution is -0.686. The molecule has 0 aliphatic rings. The van der Waals surface area contributed by atoms with E-state index in [4.69, 9.17) is 9.15 Å². The van der Waals surface area contributed by atoms with E-state index in [0.717, 1.165) is 0 Å². The van der Waals surface area contributed by atoms with Gasteiger partial charge in [0.25, 0.3) is 12.2 Å². The molecule has 0 saturated heterocycles. The summed E-state index contributed by atoms with van der Waals surface area (Å²) < 4.78 is 11.6. The number of halogens is 1. The second-order valence-corrected chi connectivity index (χ2v) is 5.18. The highest BCUT2D eigenvalue weighted by Crippen LogP contribution is 2.16. The number of methoxy groups -OCH3 is 1. The van der Waals surface area contributed by atoms with Gasteiger partial charge < -0.3 is 31.5 Å². The topological polar surface area (TPSA) is 85.3 Å². The Kier molecular flexibility index (Phi) is 6.62. The molecule has 2 heterocycles. The zero-order valence-electron chi connectivity index (χ0n) is 13.9. The van der Waals surface area contributed by atoms with E-state index in [1.807, 2.05) is 6.07 Å². The maximum Gasteiger partial charge on any atom is 0.339 e. The number of furan rings is 1. The van der Waals surface area contributed by atoms with Gasteiger partial charge >= 0.3 is 5.97 Å². The van der Waals surface area contributed by atoms with Gasteiger partial charge in [-0.2, -0.15) is 0 Å². The van der Waals surface area contributed by atoms with Crippen LogP contribution in [0.1, 0.15) is 10.4 Å². The van der Waals surface area contributed by atoms with E-state index in [0.29, 0.717) is 22.7 Å². The van der Waals surface area contributed by atoms with Crippen molar-refractivity contribution in [3.05, 3.63) is 66.8 Å². The highest BCUT2D eigenvalue weighted by Gasteiger charge is 2.15. The molecule has 0 spiro atoms. The number of esters is 1. The molecule has 1 amide bonds. The summed E-state index contributed by atoms with van der Waals surface area (Å²) in [5, 5.41) is 2.71. The van der Waals surface area contributed by atoms with Gasteiger partial charge in [-0.3, -0.25) is 4.79 Å². The predicted octanol–water partition coefficient (Wildman–Crippen LogP) is -0.942. The van der Waals surface area contributed by atoms with Gasteiger partial charge in [-0.05, 0) is 29.2 Å². The maximum absolute atomic E-state index is 12.2. The van der Waals surface area contributed by atoms with Crippen LogP contribution in [0, 0.1) is 0 Å². The molecule has 26 heavy (non-hydrogen) atoms. The van der Waals surface area contributed by atoms with Crippen molar-refractivity contribution in [2.24, 2.45) is 0 Å². The molecule has 1 aromatic carbocycles. The molecule has 134 valence electrons. The number of hydrogen-bond acceptors (Lipinski definition) is 5. The van der Waals surface area contributed by atoms with Crippen LogP contribution in [0.15, 0.2) is 65.7 Å².